The second kappa shape index (κ2) is 7.01. The van der Waals surface area contributed by atoms with Gasteiger partial charge >= 0.3 is 5.97 Å². The third-order valence-corrected chi connectivity index (χ3v) is 2.35. The first-order valence-electron chi connectivity index (χ1n) is 5.92. The predicted molar refractivity (Wildman–Crippen MR) is 64.7 cm³/mol. The highest BCUT2D eigenvalue weighted by molar-refractivity contribution is 5.87. The highest BCUT2D eigenvalue weighted by atomic mass is 16.5. The third-order valence-electron chi connectivity index (χ3n) is 2.35. The molecule has 0 fully saturated rings. The smallest absolute Gasteiger partial charge is 0.357 e. The van der Waals surface area contributed by atoms with Crippen molar-refractivity contribution in [2.75, 3.05) is 6.61 Å². The molecule has 0 bridgehead atoms. The minimum atomic E-state index is -0.377. The lowest BCUT2D eigenvalue weighted by atomic mass is 10.3. The minimum absolute atomic E-state index is 0.0835. The SMILES string of the molecule is CCOCc1cccc(C(=O)OC(C)CC)n1. The Morgan fingerprint density at radius 2 is 2.18 bits per heavy atom. The van der Waals surface area contributed by atoms with Crippen LogP contribution in [0.15, 0.2) is 18.2 Å². The summed E-state index contributed by atoms with van der Waals surface area (Å²) in [7, 11) is 0. The lowest BCUT2D eigenvalue weighted by Crippen LogP contribution is -2.15. The molecule has 1 aromatic rings. The Morgan fingerprint density at radius 3 is 2.82 bits per heavy atom. The van der Waals surface area contributed by atoms with E-state index in [4.69, 9.17) is 9.47 Å². The molecule has 94 valence electrons. The number of nitrogens with zero attached hydrogens (tertiary/aromatic N) is 1. The Labute approximate surface area is 102 Å². The van der Waals surface area contributed by atoms with Gasteiger partial charge in [-0.2, -0.15) is 0 Å². The van der Waals surface area contributed by atoms with Crippen molar-refractivity contribution in [2.24, 2.45) is 0 Å². The van der Waals surface area contributed by atoms with Crippen molar-refractivity contribution < 1.29 is 14.3 Å². The summed E-state index contributed by atoms with van der Waals surface area (Å²) in [4.78, 5) is 15.9. The molecular weight excluding hydrogens is 218 g/mol. The second-order valence-corrected chi connectivity index (χ2v) is 3.78. The molecule has 1 rings (SSSR count). The summed E-state index contributed by atoms with van der Waals surface area (Å²) in [5.74, 6) is -0.377. The summed E-state index contributed by atoms with van der Waals surface area (Å²) >= 11 is 0. The summed E-state index contributed by atoms with van der Waals surface area (Å²) in [6.07, 6.45) is 0.713. The number of rotatable bonds is 6. The van der Waals surface area contributed by atoms with Gasteiger partial charge in [-0.15, -0.1) is 0 Å². The predicted octanol–water partition coefficient (Wildman–Crippen LogP) is 2.57. The van der Waals surface area contributed by atoms with Crippen molar-refractivity contribution in [2.45, 2.75) is 39.9 Å². The summed E-state index contributed by atoms with van der Waals surface area (Å²) in [6, 6.07) is 5.27. The first kappa shape index (κ1) is 13.6. The van der Waals surface area contributed by atoms with Gasteiger partial charge in [-0.25, -0.2) is 9.78 Å². The molecule has 0 aliphatic carbocycles. The zero-order chi connectivity index (χ0) is 12.7. The van der Waals surface area contributed by atoms with Crippen molar-refractivity contribution in [1.29, 1.82) is 0 Å². The van der Waals surface area contributed by atoms with Gasteiger partial charge < -0.3 is 9.47 Å². The third kappa shape index (κ3) is 4.53. The fraction of sp³-hybridized carbons (Fsp3) is 0.538. The van der Waals surface area contributed by atoms with Crippen LogP contribution in [0.1, 0.15) is 43.4 Å². The fourth-order valence-electron chi connectivity index (χ4n) is 1.21. The first-order chi connectivity index (χ1) is 8.17. The standard InChI is InChI=1S/C13H19NO3/c1-4-10(3)17-13(15)12-8-6-7-11(14-12)9-16-5-2/h6-8,10H,4-5,9H2,1-3H3. The number of aromatic nitrogens is 1. The zero-order valence-corrected chi connectivity index (χ0v) is 10.6. The van der Waals surface area contributed by atoms with Crippen LogP contribution in [0.5, 0.6) is 0 Å². The monoisotopic (exact) mass is 237 g/mol. The molecule has 4 heteroatoms. The Kier molecular flexibility index (Phi) is 5.63. The largest absolute Gasteiger partial charge is 0.458 e. The quantitative estimate of drug-likeness (QED) is 0.713. The van der Waals surface area contributed by atoms with Crippen molar-refractivity contribution in [3.63, 3.8) is 0 Å². The van der Waals surface area contributed by atoms with Gasteiger partial charge in [-0.05, 0) is 32.4 Å². The molecular formula is C13H19NO3. The summed E-state index contributed by atoms with van der Waals surface area (Å²) in [5, 5.41) is 0. The maximum atomic E-state index is 11.7. The Morgan fingerprint density at radius 1 is 1.41 bits per heavy atom. The normalized spacial score (nSPS) is 12.2. The van der Waals surface area contributed by atoms with Crippen LogP contribution in [-0.4, -0.2) is 23.7 Å². The van der Waals surface area contributed by atoms with Crippen LogP contribution in [0.2, 0.25) is 0 Å². The van der Waals surface area contributed by atoms with E-state index in [1.165, 1.54) is 0 Å². The van der Waals surface area contributed by atoms with Crippen molar-refractivity contribution >= 4 is 5.97 Å². The van der Waals surface area contributed by atoms with Gasteiger partial charge in [-0.1, -0.05) is 13.0 Å². The van der Waals surface area contributed by atoms with Crippen LogP contribution in [0.25, 0.3) is 0 Å². The van der Waals surface area contributed by atoms with E-state index >= 15 is 0 Å². The van der Waals surface area contributed by atoms with Crippen LogP contribution in [0, 0.1) is 0 Å². The molecule has 1 heterocycles. The van der Waals surface area contributed by atoms with Gasteiger partial charge in [0, 0.05) is 6.61 Å². The van der Waals surface area contributed by atoms with Crippen LogP contribution in [-0.2, 0) is 16.1 Å². The van der Waals surface area contributed by atoms with Gasteiger partial charge in [0.05, 0.1) is 18.4 Å². The summed E-state index contributed by atoms with van der Waals surface area (Å²) in [6.45, 7) is 6.80. The maximum Gasteiger partial charge on any atom is 0.357 e. The lowest BCUT2D eigenvalue weighted by molar-refractivity contribution is 0.0326. The van der Waals surface area contributed by atoms with Gasteiger partial charge in [-0.3, -0.25) is 0 Å². The fourth-order valence-corrected chi connectivity index (χ4v) is 1.21. The molecule has 0 aliphatic heterocycles. The van der Waals surface area contributed by atoms with E-state index < -0.39 is 0 Å². The van der Waals surface area contributed by atoms with Gasteiger partial charge in [0.25, 0.3) is 0 Å². The molecule has 1 atom stereocenters. The van der Waals surface area contributed by atoms with E-state index in [9.17, 15) is 4.79 Å². The average Bonchev–Trinajstić information content (AvgIpc) is 2.36. The Balaban J connectivity index is 2.66. The number of esters is 1. The number of ether oxygens (including phenoxy) is 2. The molecule has 17 heavy (non-hydrogen) atoms. The first-order valence-corrected chi connectivity index (χ1v) is 5.92. The van der Waals surface area contributed by atoms with Gasteiger partial charge in [0.2, 0.25) is 0 Å². The lowest BCUT2D eigenvalue weighted by Gasteiger charge is -2.10. The second-order valence-electron chi connectivity index (χ2n) is 3.78. The summed E-state index contributed by atoms with van der Waals surface area (Å²) in [5.41, 5.74) is 1.08. The Bertz CT molecular complexity index is 365. The zero-order valence-electron chi connectivity index (χ0n) is 10.6. The molecule has 0 aliphatic rings. The highest BCUT2D eigenvalue weighted by Gasteiger charge is 2.12. The molecule has 4 nitrogen and oxygen atoms in total. The van der Waals surface area contributed by atoms with E-state index in [2.05, 4.69) is 4.98 Å². The van der Waals surface area contributed by atoms with Gasteiger partial charge in [0.15, 0.2) is 0 Å². The van der Waals surface area contributed by atoms with E-state index in [-0.39, 0.29) is 12.1 Å². The molecule has 0 saturated carbocycles. The molecule has 1 aromatic heterocycles. The van der Waals surface area contributed by atoms with Crippen molar-refractivity contribution in [3.8, 4) is 0 Å². The van der Waals surface area contributed by atoms with Gasteiger partial charge in [0.1, 0.15) is 5.69 Å². The molecule has 0 spiro atoms. The molecule has 0 saturated heterocycles. The van der Waals surface area contributed by atoms with E-state index in [0.29, 0.717) is 18.9 Å². The Hall–Kier alpha value is -1.42. The van der Waals surface area contributed by atoms with Crippen LogP contribution in [0.4, 0.5) is 0 Å². The van der Waals surface area contributed by atoms with Crippen LogP contribution < -0.4 is 0 Å². The number of hydrogen-bond donors (Lipinski definition) is 0. The molecule has 0 aromatic carbocycles. The summed E-state index contributed by atoms with van der Waals surface area (Å²) < 4.78 is 10.4. The molecule has 1 unspecified atom stereocenters. The molecule has 0 N–H and O–H groups in total. The molecule has 0 amide bonds. The number of carbonyl (C=O) groups is 1. The van der Waals surface area contributed by atoms with E-state index in [1.807, 2.05) is 26.8 Å². The highest BCUT2D eigenvalue weighted by Crippen LogP contribution is 2.06. The van der Waals surface area contributed by atoms with Crippen molar-refractivity contribution in [1.82, 2.24) is 4.98 Å². The van der Waals surface area contributed by atoms with Crippen LogP contribution in [0.3, 0.4) is 0 Å². The minimum Gasteiger partial charge on any atom is -0.458 e. The van der Waals surface area contributed by atoms with Crippen LogP contribution >= 0.6 is 0 Å². The molecule has 0 radical (unpaired) electrons. The maximum absolute atomic E-state index is 11.7. The number of carbonyl (C=O) groups excluding carboxylic acids is 1. The topological polar surface area (TPSA) is 48.4 Å². The van der Waals surface area contributed by atoms with E-state index in [0.717, 1.165) is 12.1 Å². The number of pyridine rings is 1. The van der Waals surface area contributed by atoms with E-state index in [1.54, 1.807) is 12.1 Å². The average molecular weight is 237 g/mol. The van der Waals surface area contributed by atoms with Crippen molar-refractivity contribution in [3.05, 3.63) is 29.6 Å². The number of hydrogen-bond acceptors (Lipinski definition) is 4.